The van der Waals surface area contributed by atoms with E-state index in [1.54, 1.807) is 0 Å². The lowest BCUT2D eigenvalue weighted by Crippen LogP contribution is -2.40. The van der Waals surface area contributed by atoms with Gasteiger partial charge in [-0.25, -0.2) is 0 Å². The number of hydrogen-bond acceptors (Lipinski definition) is 2. The topological polar surface area (TPSA) is 20.3 Å². The van der Waals surface area contributed by atoms with Gasteiger partial charge < -0.3 is 4.90 Å². The molecule has 1 saturated heterocycles. The van der Waals surface area contributed by atoms with E-state index >= 15 is 0 Å². The second-order valence-corrected chi connectivity index (χ2v) is 8.02. The first-order chi connectivity index (χ1) is 8.69. The average Bonchev–Trinajstić information content (AvgIpc) is 2.39. The molecule has 1 heterocycles. The van der Waals surface area contributed by atoms with Crippen molar-refractivity contribution in [2.45, 2.75) is 57.9 Å². The molecule has 2 aliphatic rings. The molecule has 2 atom stereocenters. The van der Waals surface area contributed by atoms with Crippen LogP contribution in [0.1, 0.15) is 51.9 Å². The van der Waals surface area contributed by atoms with E-state index in [1.165, 1.54) is 38.6 Å². The molecule has 0 amide bonds. The van der Waals surface area contributed by atoms with E-state index in [0.29, 0.717) is 6.04 Å². The summed E-state index contributed by atoms with van der Waals surface area (Å²) < 4.78 is 11.4. The molecule has 0 unspecified atom stereocenters. The van der Waals surface area contributed by atoms with Gasteiger partial charge in [-0.1, -0.05) is 26.2 Å². The Labute approximate surface area is 115 Å². The Morgan fingerprint density at radius 1 is 1.11 bits per heavy atom. The van der Waals surface area contributed by atoms with Gasteiger partial charge in [0.25, 0.3) is 0 Å². The lowest BCUT2D eigenvalue weighted by Gasteiger charge is -2.36. The van der Waals surface area contributed by atoms with Crippen LogP contribution in [0.5, 0.6) is 0 Å². The minimum absolute atomic E-state index is 0.518. The summed E-state index contributed by atoms with van der Waals surface area (Å²) in [4.78, 5) is 2.57. The molecule has 0 bridgehead atoms. The van der Waals surface area contributed by atoms with Crippen molar-refractivity contribution in [3.63, 3.8) is 0 Å². The summed E-state index contributed by atoms with van der Waals surface area (Å²) in [5.41, 5.74) is 0. The third-order valence-electron chi connectivity index (χ3n) is 5.00. The van der Waals surface area contributed by atoms with Crippen molar-refractivity contribution in [1.29, 1.82) is 0 Å². The highest BCUT2D eigenvalue weighted by Gasteiger charge is 2.26. The molecule has 1 saturated carbocycles. The Balaban J connectivity index is 1.76. The average molecular weight is 271 g/mol. The summed E-state index contributed by atoms with van der Waals surface area (Å²) in [6, 6.07) is 0.699. The maximum absolute atomic E-state index is 11.4. The van der Waals surface area contributed by atoms with Crippen molar-refractivity contribution in [3.8, 4) is 0 Å². The molecule has 0 aromatic carbocycles. The molecule has 0 radical (unpaired) electrons. The molecular weight excluding hydrogens is 242 g/mol. The van der Waals surface area contributed by atoms with Crippen molar-refractivity contribution in [3.05, 3.63) is 0 Å². The molecule has 0 spiro atoms. The highest BCUT2D eigenvalue weighted by Crippen LogP contribution is 2.32. The van der Waals surface area contributed by atoms with Crippen LogP contribution in [-0.2, 0) is 10.8 Å². The smallest absolute Gasteiger partial charge is 0.0249 e. The van der Waals surface area contributed by atoms with E-state index in [4.69, 9.17) is 0 Å². The van der Waals surface area contributed by atoms with E-state index in [0.717, 1.165) is 36.2 Å². The first-order valence-electron chi connectivity index (χ1n) is 7.74. The highest BCUT2D eigenvalue weighted by molar-refractivity contribution is 7.85. The maximum atomic E-state index is 11.4. The Bertz CT molecular complexity index is 272. The van der Waals surface area contributed by atoms with Crippen molar-refractivity contribution in [1.82, 2.24) is 4.90 Å². The first kappa shape index (κ1) is 14.5. The van der Waals surface area contributed by atoms with Gasteiger partial charge in [-0.05, 0) is 44.6 Å². The fraction of sp³-hybridized carbons (Fsp3) is 1.00. The zero-order valence-electron chi connectivity index (χ0n) is 12.1. The largest absolute Gasteiger partial charge is 0.303 e. The van der Waals surface area contributed by atoms with E-state index < -0.39 is 10.8 Å². The summed E-state index contributed by atoms with van der Waals surface area (Å²) in [5.74, 6) is 3.76. The molecule has 3 heteroatoms. The maximum Gasteiger partial charge on any atom is 0.0249 e. The van der Waals surface area contributed by atoms with Crippen LogP contribution in [0.2, 0.25) is 0 Å². The van der Waals surface area contributed by atoms with Crippen LogP contribution in [0.25, 0.3) is 0 Å². The van der Waals surface area contributed by atoms with Gasteiger partial charge in [-0.3, -0.25) is 4.21 Å². The van der Waals surface area contributed by atoms with Crippen LogP contribution < -0.4 is 0 Å². The van der Waals surface area contributed by atoms with E-state index in [1.807, 2.05) is 0 Å². The predicted molar refractivity (Wildman–Crippen MR) is 79.3 cm³/mol. The molecule has 2 rings (SSSR count). The van der Waals surface area contributed by atoms with Gasteiger partial charge in [-0.2, -0.15) is 0 Å². The molecule has 1 aliphatic heterocycles. The molecular formula is C15H29NOS. The zero-order valence-corrected chi connectivity index (χ0v) is 12.9. The lowest BCUT2D eigenvalue weighted by molar-refractivity contribution is 0.152. The van der Waals surface area contributed by atoms with E-state index in [-0.39, 0.29) is 0 Å². The van der Waals surface area contributed by atoms with Crippen molar-refractivity contribution < 1.29 is 4.21 Å². The van der Waals surface area contributed by atoms with Crippen molar-refractivity contribution in [2.24, 2.45) is 11.8 Å². The summed E-state index contributed by atoms with van der Waals surface area (Å²) in [6.07, 6.45) is 9.42. The zero-order chi connectivity index (χ0) is 13.0. The van der Waals surface area contributed by atoms with Gasteiger partial charge in [0.1, 0.15) is 0 Å². The second-order valence-electron chi connectivity index (χ2n) is 6.33. The van der Waals surface area contributed by atoms with Gasteiger partial charge in [-0.15, -0.1) is 0 Å². The van der Waals surface area contributed by atoms with Crippen LogP contribution in [0, 0.1) is 11.8 Å². The SMILES string of the molecule is CC[C@H]1CCC[C@@H](CN(C)C2CCS(=O)CC2)C1. The van der Waals surface area contributed by atoms with E-state index in [2.05, 4.69) is 18.9 Å². The molecule has 106 valence electrons. The van der Waals surface area contributed by atoms with Crippen LogP contribution in [-0.4, -0.2) is 40.2 Å². The van der Waals surface area contributed by atoms with Gasteiger partial charge in [0.15, 0.2) is 0 Å². The molecule has 0 N–H and O–H groups in total. The summed E-state index contributed by atoms with van der Waals surface area (Å²) >= 11 is 0. The monoisotopic (exact) mass is 271 g/mol. The van der Waals surface area contributed by atoms with Crippen LogP contribution >= 0.6 is 0 Å². The first-order valence-corrected chi connectivity index (χ1v) is 9.23. The Morgan fingerprint density at radius 2 is 1.78 bits per heavy atom. The molecule has 2 fully saturated rings. The fourth-order valence-electron chi connectivity index (χ4n) is 3.72. The molecule has 2 nitrogen and oxygen atoms in total. The van der Waals surface area contributed by atoms with E-state index in [9.17, 15) is 4.21 Å². The van der Waals surface area contributed by atoms with Gasteiger partial charge in [0.2, 0.25) is 0 Å². The Hall–Kier alpha value is 0.110. The van der Waals surface area contributed by atoms with Gasteiger partial charge in [0, 0.05) is 34.9 Å². The van der Waals surface area contributed by atoms with Crippen LogP contribution in [0.4, 0.5) is 0 Å². The normalized spacial score (nSPS) is 37.9. The second kappa shape index (κ2) is 7.04. The van der Waals surface area contributed by atoms with Crippen molar-refractivity contribution in [2.75, 3.05) is 25.1 Å². The molecule has 0 aromatic rings. The molecule has 18 heavy (non-hydrogen) atoms. The molecule has 0 aromatic heterocycles. The number of rotatable bonds is 4. The Morgan fingerprint density at radius 3 is 2.44 bits per heavy atom. The molecule has 1 aliphatic carbocycles. The van der Waals surface area contributed by atoms with Crippen molar-refractivity contribution >= 4 is 10.8 Å². The third-order valence-corrected chi connectivity index (χ3v) is 6.38. The van der Waals surface area contributed by atoms with Crippen LogP contribution in [0.15, 0.2) is 0 Å². The summed E-state index contributed by atoms with van der Waals surface area (Å²) in [5, 5.41) is 0. The summed E-state index contributed by atoms with van der Waals surface area (Å²) in [6.45, 7) is 3.61. The standard InChI is InChI=1S/C15H29NOS/c1-3-13-5-4-6-14(11-13)12-16(2)15-7-9-18(17)10-8-15/h13-15H,3-12H2,1-2H3/t13-,14+,15?,18?/m0/s1. The summed E-state index contributed by atoms with van der Waals surface area (Å²) in [7, 11) is 1.77. The van der Waals surface area contributed by atoms with Gasteiger partial charge >= 0.3 is 0 Å². The van der Waals surface area contributed by atoms with Gasteiger partial charge in [0.05, 0.1) is 0 Å². The lowest BCUT2D eigenvalue weighted by atomic mass is 9.80. The highest BCUT2D eigenvalue weighted by atomic mass is 32.2. The quantitative estimate of drug-likeness (QED) is 0.783. The number of nitrogens with zero attached hydrogens (tertiary/aromatic N) is 1. The third kappa shape index (κ3) is 4.06. The Kier molecular flexibility index (Phi) is 5.68. The fourth-order valence-corrected chi connectivity index (χ4v) is 4.99. The van der Waals surface area contributed by atoms with Crippen LogP contribution in [0.3, 0.4) is 0 Å². The number of hydrogen-bond donors (Lipinski definition) is 0. The minimum Gasteiger partial charge on any atom is -0.303 e. The minimum atomic E-state index is -0.518. The predicted octanol–water partition coefficient (Wildman–Crippen LogP) is 3.05.